The first-order valence-corrected chi connectivity index (χ1v) is 8.12. The van der Waals surface area contributed by atoms with Gasteiger partial charge < -0.3 is 30.5 Å². The van der Waals surface area contributed by atoms with Crippen LogP contribution >= 0.6 is 0 Å². The van der Waals surface area contributed by atoms with Gasteiger partial charge in [-0.2, -0.15) is 0 Å². The van der Waals surface area contributed by atoms with Crippen molar-refractivity contribution < 1.29 is 25.2 Å². The van der Waals surface area contributed by atoms with Gasteiger partial charge in [-0.3, -0.25) is 0 Å². The molecule has 2 bridgehead atoms. The van der Waals surface area contributed by atoms with Gasteiger partial charge in [-0.05, 0) is 43.9 Å². The zero-order valence-electron chi connectivity index (χ0n) is 13.1. The molecule has 1 spiro atoms. The van der Waals surface area contributed by atoms with Gasteiger partial charge in [-0.15, -0.1) is 0 Å². The molecule has 1 aromatic carbocycles. The van der Waals surface area contributed by atoms with Gasteiger partial charge in [0.15, 0.2) is 11.5 Å². The smallest absolute Gasteiger partial charge is 0.166 e. The Bertz CT molecular complexity index is 665. The van der Waals surface area contributed by atoms with Gasteiger partial charge in [0.05, 0.1) is 24.2 Å². The summed E-state index contributed by atoms with van der Waals surface area (Å²) < 4.78 is 11.7. The normalized spacial score (nSPS) is 42.3. The third-order valence-electron chi connectivity index (χ3n) is 6.46. The van der Waals surface area contributed by atoms with E-state index in [0.717, 1.165) is 30.7 Å². The Kier molecular flexibility index (Phi) is 3.04. The molecular weight excluding hydrogens is 298 g/mol. The summed E-state index contributed by atoms with van der Waals surface area (Å²) in [5, 5.41) is 25.7. The molecule has 23 heavy (non-hydrogen) atoms. The minimum Gasteiger partial charge on any atom is -0.493 e. The van der Waals surface area contributed by atoms with Gasteiger partial charge in [0.25, 0.3) is 0 Å². The molecule has 0 aromatic heterocycles. The summed E-state index contributed by atoms with van der Waals surface area (Å²) in [4.78, 5) is 0. The van der Waals surface area contributed by atoms with Crippen LogP contribution in [0.3, 0.4) is 0 Å². The Balaban J connectivity index is 0.00000135. The van der Waals surface area contributed by atoms with Crippen LogP contribution in [0.5, 0.6) is 11.5 Å². The third kappa shape index (κ3) is 1.48. The Morgan fingerprint density at radius 3 is 2.96 bits per heavy atom. The van der Waals surface area contributed by atoms with Crippen LogP contribution in [0.1, 0.15) is 30.4 Å². The molecule has 0 unspecified atom stereocenters. The van der Waals surface area contributed by atoms with Crippen LogP contribution in [0.2, 0.25) is 0 Å². The molecule has 2 heterocycles. The molecule has 5 rings (SSSR count). The first kappa shape index (κ1) is 15.2. The molecule has 1 aromatic rings. The molecule has 5 atom stereocenters. The van der Waals surface area contributed by atoms with E-state index in [1.54, 1.807) is 7.11 Å². The highest BCUT2D eigenvalue weighted by Gasteiger charge is 2.71. The van der Waals surface area contributed by atoms with Crippen molar-refractivity contribution >= 4 is 0 Å². The summed E-state index contributed by atoms with van der Waals surface area (Å²) in [6.07, 6.45) is 1.86. The number of methoxy groups -OCH3 is 1. The highest BCUT2D eigenvalue weighted by atomic mass is 16.5. The minimum atomic E-state index is -0.847. The molecule has 1 saturated heterocycles. The molecule has 4 aliphatic rings. The van der Waals surface area contributed by atoms with E-state index in [-0.39, 0.29) is 17.6 Å². The summed E-state index contributed by atoms with van der Waals surface area (Å²) in [5.41, 5.74) is 0.961. The SMILES string of the molecule is COc1ccc2c3c1O[C@H]1[C@H](O)CC[C@@]4(O)[C@@H](C2)NCC[C@]314.O. The highest BCUT2D eigenvalue weighted by Crippen LogP contribution is 2.64. The van der Waals surface area contributed by atoms with Crippen LogP contribution in [0.25, 0.3) is 0 Å². The Morgan fingerprint density at radius 2 is 2.17 bits per heavy atom. The molecule has 126 valence electrons. The quantitative estimate of drug-likeness (QED) is 0.657. The molecule has 0 radical (unpaired) electrons. The van der Waals surface area contributed by atoms with Crippen molar-refractivity contribution in [3.05, 3.63) is 23.3 Å². The van der Waals surface area contributed by atoms with E-state index in [9.17, 15) is 10.2 Å². The number of aliphatic hydroxyl groups is 2. The maximum Gasteiger partial charge on any atom is 0.166 e. The lowest BCUT2D eigenvalue weighted by atomic mass is 9.49. The average Bonchev–Trinajstić information content (AvgIpc) is 2.85. The summed E-state index contributed by atoms with van der Waals surface area (Å²) >= 11 is 0. The monoisotopic (exact) mass is 321 g/mol. The van der Waals surface area contributed by atoms with Crippen molar-refractivity contribution in [3.63, 3.8) is 0 Å². The summed E-state index contributed by atoms with van der Waals surface area (Å²) in [5.74, 6) is 1.44. The lowest BCUT2D eigenvalue weighted by Crippen LogP contribution is -2.76. The number of aliphatic hydroxyl groups excluding tert-OH is 1. The largest absolute Gasteiger partial charge is 0.493 e. The fourth-order valence-corrected chi connectivity index (χ4v) is 5.57. The maximum absolute atomic E-state index is 11.6. The fourth-order valence-electron chi connectivity index (χ4n) is 5.57. The molecule has 1 saturated carbocycles. The lowest BCUT2D eigenvalue weighted by Gasteiger charge is -2.61. The molecule has 0 amide bonds. The number of rotatable bonds is 1. The van der Waals surface area contributed by atoms with Crippen LogP contribution in [-0.2, 0) is 11.8 Å². The molecular formula is C17H23NO5. The number of benzene rings is 1. The van der Waals surface area contributed by atoms with Crippen LogP contribution in [-0.4, -0.2) is 53.2 Å². The number of nitrogens with one attached hydrogen (secondary N) is 1. The molecule has 5 N–H and O–H groups in total. The van der Waals surface area contributed by atoms with E-state index >= 15 is 0 Å². The van der Waals surface area contributed by atoms with E-state index in [1.807, 2.05) is 6.07 Å². The second kappa shape index (κ2) is 4.60. The van der Waals surface area contributed by atoms with Crippen molar-refractivity contribution in [1.82, 2.24) is 5.32 Å². The van der Waals surface area contributed by atoms with Crippen LogP contribution in [0.4, 0.5) is 0 Å². The average molecular weight is 321 g/mol. The van der Waals surface area contributed by atoms with Gasteiger partial charge in [0.2, 0.25) is 0 Å². The minimum absolute atomic E-state index is 0. The Morgan fingerprint density at radius 1 is 1.35 bits per heavy atom. The summed E-state index contributed by atoms with van der Waals surface area (Å²) in [7, 11) is 1.64. The number of hydrogen-bond donors (Lipinski definition) is 3. The Hall–Kier alpha value is -1.34. The summed E-state index contributed by atoms with van der Waals surface area (Å²) in [6, 6.07) is 4.06. The second-order valence-corrected chi connectivity index (χ2v) is 7.13. The second-order valence-electron chi connectivity index (χ2n) is 7.13. The van der Waals surface area contributed by atoms with E-state index in [4.69, 9.17) is 9.47 Å². The Labute approximate surface area is 134 Å². The van der Waals surface area contributed by atoms with Crippen molar-refractivity contribution in [2.45, 2.75) is 54.9 Å². The molecule has 2 aliphatic heterocycles. The maximum atomic E-state index is 11.6. The van der Waals surface area contributed by atoms with Crippen LogP contribution < -0.4 is 14.8 Å². The topological polar surface area (TPSA) is 102 Å². The summed E-state index contributed by atoms with van der Waals surface area (Å²) in [6.45, 7) is 0.843. The van der Waals surface area contributed by atoms with Gasteiger partial charge in [-0.1, -0.05) is 6.07 Å². The zero-order chi connectivity index (χ0) is 15.1. The van der Waals surface area contributed by atoms with Gasteiger partial charge >= 0.3 is 0 Å². The van der Waals surface area contributed by atoms with Gasteiger partial charge in [-0.25, -0.2) is 0 Å². The number of hydrogen-bond acceptors (Lipinski definition) is 5. The molecule has 6 heteroatoms. The van der Waals surface area contributed by atoms with Crippen LogP contribution in [0.15, 0.2) is 12.1 Å². The molecule has 2 aliphatic carbocycles. The van der Waals surface area contributed by atoms with E-state index < -0.39 is 17.1 Å². The van der Waals surface area contributed by atoms with Crippen molar-refractivity contribution in [1.29, 1.82) is 0 Å². The fraction of sp³-hybridized carbons (Fsp3) is 0.647. The van der Waals surface area contributed by atoms with E-state index in [2.05, 4.69) is 11.4 Å². The van der Waals surface area contributed by atoms with Gasteiger partial charge in [0, 0.05) is 11.6 Å². The molecule has 2 fully saturated rings. The van der Waals surface area contributed by atoms with Crippen molar-refractivity contribution in [3.8, 4) is 11.5 Å². The molecule has 6 nitrogen and oxygen atoms in total. The van der Waals surface area contributed by atoms with Crippen molar-refractivity contribution in [2.24, 2.45) is 0 Å². The van der Waals surface area contributed by atoms with E-state index in [1.165, 1.54) is 5.56 Å². The van der Waals surface area contributed by atoms with Crippen molar-refractivity contribution in [2.75, 3.05) is 13.7 Å². The zero-order valence-corrected chi connectivity index (χ0v) is 13.1. The predicted molar refractivity (Wildman–Crippen MR) is 83.0 cm³/mol. The third-order valence-corrected chi connectivity index (χ3v) is 6.46. The highest BCUT2D eigenvalue weighted by molar-refractivity contribution is 5.62. The predicted octanol–water partition coefficient (Wildman–Crippen LogP) is -0.327. The lowest BCUT2D eigenvalue weighted by molar-refractivity contribution is -0.179. The number of ether oxygens (including phenoxy) is 2. The van der Waals surface area contributed by atoms with Crippen LogP contribution in [0, 0.1) is 0 Å². The number of piperidine rings is 1. The standard InChI is InChI=1S/C17H21NO4.H2O/c1-21-11-3-2-9-8-12-17(20)5-4-10(19)15-16(17,6-7-18-12)13(9)14(11)22-15;/h2-3,10,12,15,18-20H,4-8H2,1H3;1H2/t10-,12-,15+,16+,17-;/m1./s1. The first-order chi connectivity index (χ1) is 10.6. The van der Waals surface area contributed by atoms with Gasteiger partial charge in [0.1, 0.15) is 6.10 Å². The first-order valence-electron chi connectivity index (χ1n) is 8.12. The van der Waals surface area contributed by atoms with E-state index in [0.29, 0.717) is 18.6 Å².